The van der Waals surface area contributed by atoms with Crippen molar-refractivity contribution in [1.29, 1.82) is 0 Å². The number of hydrogen-bond acceptors (Lipinski definition) is 6. The minimum Gasteiger partial charge on any atom is -0.472 e. The third-order valence-corrected chi connectivity index (χ3v) is 8.65. The number of ether oxygens (including phenoxy) is 1. The van der Waals surface area contributed by atoms with Crippen LogP contribution >= 0.6 is 0 Å². The number of urea groups is 1. The predicted octanol–water partition coefficient (Wildman–Crippen LogP) is 6.84. The summed E-state index contributed by atoms with van der Waals surface area (Å²) in [5.41, 5.74) is 4.22. The van der Waals surface area contributed by atoms with Gasteiger partial charge >= 0.3 is 12.0 Å². The van der Waals surface area contributed by atoms with E-state index in [1.807, 2.05) is 24.3 Å². The van der Waals surface area contributed by atoms with E-state index in [9.17, 15) is 14.4 Å². The summed E-state index contributed by atoms with van der Waals surface area (Å²) in [6.45, 7) is 2.03. The second-order valence-electron chi connectivity index (χ2n) is 11.7. The second-order valence-corrected chi connectivity index (χ2v) is 11.7. The maximum atomic E-state index is 13.4. The molecule has 6 rings (SSSR count). The molecule has 0 saturated heterocycles. The van der Waals surface area contributed by atoms with Crippen molar-refractivity contribution in [1.82, 2.24) is 20.2 Å². The standard InChI is InChI=1S/C34H39N5O5/c1-2-44-33(41)23-8-6-9-25(18-23)36-34(42)37-27-11-7-10-26(20-27)35-32(40)22-14-15-30-29(19-22)38-31(24-16-17-43-21-24)39(30)28-12-4-3-5-13-28/h6,8-9,14-19,21,26-28H,2-5,7,10-13,20H2,1H3,(H,35,40)(H2,36,37,42). The van der Waals surface area contributed by atoms with Crippen molar-refractivity contribution in [2.75, 3.05) is 11.9 Å². The number of fused-ring (bicyclic) bond motifs is 1. The van der Waals surface area contributed by atoms with Crippen molar-refractivity contribution in [3.8, 4) is 11.4 Å². The highest BCUT2D eigenvalue weighted by molar-refractivity contribution is 5.98. The van der Waals surface area contributed by atoms with Crippen LogP contribution in [0.4, 0.5) is 10.5 Å². The molecule has 2 fully saturated rings. The maximum absolute atomic E-state index is 13.4. The fourth-order valence-electron chi connectivity index (χ4n) is 6.56. The van der Waals surface area contributed by atoms with Gasteiger partial charge in [0.15, 0.2) is 0 Å². The third kappa shape index (κ3) is 6.64. The summed E-state index contributed by atoms with van der Waals surface area (Å²) in [5.74, 6) is 0.303. The van der Waals surface area contributed by atoms with E-state index in [1.165, 1.54) is 19.3 Å². The zero-order valence-electron chi connectivity index (χ0n) is 25.0. The zero-order valence-corrected chi connectivity index (χ0v) is 25.0. The Morgan fingerprint density at radius 2 is 1.75 bits per heavy atom. The Hall–Kier alpha value is -4.60. The quantitative estimate of drug-likeness (QED) is 0.191. The van der Waals surface area contributed by atoms with Crippen molar-refractivity contribution in [3.63, 3.8) is 0 Å². The van der Waals surface area contributed by atoms with Crippen LogP contribution in [0.2, 0.25) is 0 Å². The maximum Gasteiger partial charge on any atom is 0.338 e. The van der Waals surface area contributed by atoms with Crippen LogP contribution in [-0.2, 0) is 4.74 Å². The normalized spacial score (nSPS) is 18.9. The van der Waals surface area contributed by atoms with Crippen molar-refractivity contribution >= 4 is 34.6 Å². The number of furan rings is 1. The highest BCUT2D eigenvalue weighted by Gasteiger charge is 2.27. The van der Waals surface area contributed by atoms with Gasteiger partial charge in [-0.15, -0.1) is 0 Å². The molecule has 2 saturated carbocycles. The lowest BCUT2D eigenvalue weighted by atomic mass is 9.91. The molecule has 3 amide bonds. The van der Waals surface area contributed by atoms with E-state index in [0.717, 1.165) is 54.5 Å². The van der Waals surface area contributed by atoms with Crippen molar-refractivity contribution in [2.24, 2.45) is 0 Å². The molecule has 0 aliphatic heterocycles. The molecule has 0 bridgehead atoms. The van der Waals surface area contributed by atoms with Crippen LogP contribution in [0.1, 0.15) is 91.5 Å². The van der Waals surface area contributed by atoms with Crippen LogP contribution < -0.4 is 16.0 Å². The zero-order chi connectivity index (χ0) is 30.5. The Morgan fingerprint density at radius 1 is 0.932 bits per heavy atom. The molecule has 44 heavy (non-hydrogen) atoms. The van der Waals surface area contributed by atoms with Gasteiger partial charge in [-0.05, 0) is 87.9 Å². The molecule has 0 spiro atoms. The van der Waals surface area contributed by atoms with Crippen LogP contribution in [0.15, 0.2) is 65.5 Å². The van der Waals surface area contributed by atoms with E-state index in [4.69, 9.17) is 14.1 Å². The van der Waals surface area contributed by atoms with Gasteiger partial charge in [-0.2, -0.15) is 0 Å². The number of benzene rings is 2. The first-order valence-corrected chi connectivity index (χ1v) is 15.7. The smallest absolute Gasteiger partial charge is 0.338 e. The first-order chi connectivity index (χ1) is 21.5. The van der Waals surface area contributed by atoms with Crippen LogP contribution in [0.3, 0.4) is 0 Å². The molecule has 2 atom stereocenters. The number of nitrogens with zero attached hydrogens (tertiary/aromatic N) is 2. The van der Waals surface area contributed by atoms with Crippen molar-refractivity contribution < 1.29 is 23.5 Å². The molecular formula is C34H39N5O5. The van der Waals surface area contributed by atoms with Gasteiger partial charge in [-0.3, -0.25) is 4.79 Å². The van der Waals surface area contributed by atoms with E-state index in [2.05, 4.69) is 20.5 Å². The molecule has 230 valence electrons. The van der Waals surface area contributed by atoms with E-state index in [0.29, 0.717) is 29.3 Å². The van der Waals surface area contributed by atoms with Crippen LogP contribution in [0, 0.1) is 0 Å². The van der Waals surface area contributed by atoms with Gasteiger partial charge in [0.2, 0.25) is 0 Å². The average molecular weight is 598 g/mol. The number of nitrogens with one attached hydrogen (secondary N) is 3. The van der Waals surface area contributed by atoms with Crippen molar-refractivity contribution in [3.05, 3.63) is 72.2 Å². The Labute approximate surface area is 256 Å². The first-order valence-electron chi connectivity index (χ1n) is 15.7. The van der Waals surface area contributed by atoms with Crippen LogP contribution in [0.25, 0.3) is 22.4 Å². The molecule has 0 radical (unpaired) electrons. The number of carbonyl (C=O) groups is 3. The summed E-state index contributed by atoms with van der Waals surface area (Å²) in [4.78, 5) is 43.1. The summed E-state index contributed by atoms with van der Waals surface area (Å²) >= 11 is 0. The van der Waals surface area contributed by atoms with E-state index < -0.39 is 5.97 Å². The molecule has 2 heterocycles. The lowest BCUT2D eigenvalue weighted by Crippen LogP contribution is -2.46. The molecule has 3 N–H and O–H groups in total. The van der Waals surface area contributed by atoms with E-state index >= 15 is 0 Å². The topological polar surface area (TPSA) is 127 Å². The van der Waals surface area contributed by atoms with Gasteiger partial charge < -0.3 is 29.7 Å². The second kappa shape index (κ2) is 13.4. The van der Waals surface area contributed by atoms with Crippen LogP contribution in [0.5, 0.6) is 0 Å². The monoisotopic (exact) mass is 597 g/mol. The summed E-state index contributed by atoms with van der Waals surface area (Å²) in [6.07, 6.45) is 12.5. The number of hydrogen-bond donors (Lipinski definition) is 3. The first kappa shape index (κ1) is 29.5. The number of rotatable bonds is 8. The predicted molar refractivity (Wildman–Crippen MR) is 168 cm³/mol. The Balaban J connectivity index is 1.10. The Morgan fingerprint density at radius 3 is 2.52 bits per heavy atom. The molecule has 2 unspecified atom stereocenters. The average Bonchev–Trinajstić information content (AvgIpc) is 3.70. The summed E-state index contributed by atoms with van der Waals surface area (Å²) in [7, 11) is 0. The number of aromatic nitrogens is 2. The summed E-state index contributed by atoms with van der Waals surface area (Å²) in [6, 6.07) is 14.2. The number of esters is 1. The van der Waals surface area contributed by atoms with Gasteiger partial charge in [0.05, 0.1) is 35.0 Å². The lowest BCUT2D eigenvalue weighted by molar-refractivity contribution is 0.0526. The highest BCUT2D eigenvalue weighted by Crippen LogP contribution is 2.36. The van der Waals surface area contributed by atoms with Gasteiger partial charge in [-0.1, -0.05) is 25.3 Å². The molecule has 10 nitrogen and oxygen atoms in total. The van der Waals surface area contributed by atoms with Crippen LogP contribution in [-0.4, -0.2) is 46.1 Å². The molecule has 10 heteroatoms. The Kier molecular flexibility index (Phi) is 8.95. The number of anilines is 1. The van der Waals surface area contributed by atoms with Gasteiger partial charge in [0.1, 0.15) is 12.1 Å². The number of amides is 3. The van der Waals surface area contributed by atoms with E-state index in [-0.39, 0.29) is 30.6 Å². The molecule has 2 aromatic carbocycles. The summed E-state index contributed by atoms with van der Waals surface area (Å²) < 4.78 is 12.7. The number of imidazole rings is 1. The van der Waals surface area contributed by atoms with Gasteiger partial charge in [-0.25, -0.2) is 14.6 Å². The Bertz CT molecular complexity index is 1620. The fourth-order valence-corrected chi connectivity index (χ4v) is 6.56. The molecule has 4 aromatic rings. The third-order valence-electron chi connectivity index (χ3n) is 8.65. The molecule has 2 aromatic heterocycles. The lowest BCUT2D eigenvalue weighted by Gasteiger charge is -2.30. The van der Waals surface area contributed by atoms with E-state index in [1.54, 1.807) is 43.7 Å². The molecular weight excluding hydrogens is 558 g/mol. The molecule has 2 aliphatic carbocycles. The number of carbonyl (C=O) groups excluding carboxylic acids is 3. The fraction of sp³-hybridized carbons (Fsp3) is 0.412. The SMILES string of the molecule is CCOC(=O)c1cccc(NC(=O)NC2CCCC(NC(=O)c3ccc4c(c3)nc(-c3ccoc3)n4C3CCCCC3)C2)c1. The minimum atomic E-state index is -0.433. The minimum absolute atomic E-state index is 0.0642. The van der Waals surface area contributed by atoms with Gasteiger partial charge in [0.25, 0.3) is 5.91 Å². The highest BCUT2D eigenvalue weighted by atomic mass is 16.5. The summed E-state index contributed by atoms with van der Waals surface area (Å²) in [5, 5.41) is 9.01. The van der Waals surface area contributed by atoms with Crippen molar-refractivity contribution in [2.45, 2.75) is 82.8 Å². The molecule has 2 aliphatic rings. The van der Waals surface area contributed by atoms with Gasteiger partial charge in [0, 0.05) is 29.4 Å². The largest absolute Gasteiger partial charge is 0.472 e.